The maximum Gasteiger partial charge on any atom is 0.115 e. The number of aliphatic hydroxyl groups is 2. The minimum atomic E-state index is -0.213. The minimum Gasteiger partial charge on any atom is -0.396 e. The highest BCUT2D eigenvalue weighted by Crippen LogP contribution is 2.31. The number of rotatable bonds is 5. The minimum absolute atomic E-state index is 0.123. The van der Waals surface area contributed by atoms with Crippen molar-refractivity contribution < 1.29 is 14.9 Å². The maximum absolute atomic E-state index is 8.77. The molecule has 0 amide bonds. The van der Waals surface area contributed by atoms with Gasteiger partial charge in [-0.2, -0.15) is 0 Å². The predicted molar refractivity (Wildman–Crippen MR) is 36.7 cm³/mol. The van der Waals surface area contributed by atoms with Gasteiger partial charge in [0.1, 0.15) is 5.60 Å². The number of unbranched alkanes of at least 4 members (excludes halogenated alkanes) is 1. The Hall–Kier alpha value is -0.120. The van der Waals surface area contributed by atoms with Crippen LogP contribution in [0, 0.1) is 0 Å². The Balaban J connectivity index is 2.01. The lowest BCUT2D eigenvalue weighted by molar-refractivity contribution is 0.158. The summed E-state index contributed by atoms with van der Waals surface area (Å²) in [5.74, 6) is 0. The van der Waals surface area contributed by atoms with E-state index in [0.717, 1.165) is 19.3 Å². The molecule has 1 atom stereocenters. The molecule has 0 aromatic heterocycles. The molecule has 1 saturated heterocycles. The van der Waals surface area contributed by atoms with Crippen molar-refractivity contribution in [2.24, 2.45) is 0 Å². The molecule has 0 aromatic carbocycles. The third-order valence-corrected chi connectivity index (χ3v) is 1.88. The van der Waals surface area contributed by atoms with Crippen LogP contribution in [-0.4, -0.2) is 35.6 Å². The molecular formula is C7H14O3. The summed E-state index contributed by atoms with van der Waals surface area (Å²) in [5, 5.41) is 17.2. The van der Waals surface area contributed by atoms with Crippen LogP contribution in [0.2, 0.25) is 0 Å². The number of epoxide rings is 1. The van der Waals surface area contributed by atoms with Crippen LogP contribution in [0.5, 0.6) is 0 Å². The lowest BCUT2D eigenvalue weighted by atomic mass is 10.0. The highest BCUT2D eigenvalue weighted by atomic mass is 16.6. The van der Waals surface area contributed by atoms with Crippen LogP contribution in [0.1, 0.15) is 19.3 Å². The van der Waals surface area contributed by atoms with Gasteiger partial charge < -0.3 is 14.9 Å². The van der Waals surface area contributed by atoms with Gasteiger partial charge in [-0.3, -0.25) is 0 Å². The van der Waals surface area contributed by atoms with E-state index in [9.17, 15) is 0 Å². The second kappa shape index (κ2) is 3.32. The number of hydrogen-bond donors (Lipinski definition) is 2. The highest BCUT2D eigenvalue weighted by molar-refractivity contribution is 4.90. The Morgan fingerprint density at radius 3 is 2.40 bits per heavy atom. The fourth-order valence-electron chi connectivity index (χ4n) is 0.976. The molecule has 60 valence electrons. The zero-order valence-corrected chi connectivity index (χ0v) is 6.05. The van der Waals surface area contributed by atoms with Gasteiger partial charge >= 0.3 is 0 Å². The lowest BCUT2D eigenvalue weighted by Crippen LogP contribution is -2.16. The molecule has 2 N–H and O–H groups in total. The summed E-state index contributed by atoms with van der Waals surface area (Å²) in [7, 11) is 0. The second-order valence-electron chi connectivity index (χ2n) is 2.81. The number of ether oxygens (including phenoxy) is 1. The van der Waals surface area contributed by atoms with E-state index in [1.807, 2.05) is 0 Å². The van der Waals surface area contributed by atoms with Crippen molar-refractivity contribution in [3.05, 3.63) is 0 Å². The zero-order valence-electron chi connectivity index (χ0n) is 6.05. The van der Waals surface area contributed by atoms with E-state index in [0.29, 0.717) is 6.61 Å². The summed E-state index contributed by atoms with van der Waals surface area (Å²) < 4.78 is 5.06. The Labute approximate surface area is 60.6 Å². The van der Waals surface area contributed by atoms with E-state index in [4.69, 9.17) is 14.9 Å². The largest absolute Gasteiger partial charge is 0.396 e. The molecule has 0 saturated carbocycles. The Morgan fingerprint density at radius 1 is 1.30 bits per heavy atom. The Morgan fingerprint density at radius 2 is 2.00 bits per heavy atom. The second-order valence-corrected chi connectivity index (χ2v) is 2.81. The first-order valence-corrected chi connectivity index (χ1v) is 3.69. The van der Waals surface area contributed by atoms with E-state index < -0.39 is 0 Å². The molecule has 1 heterocycles. The lowest BCUT2D eigenvalue weighted by Gasteiger charge is -2.05. The molecule has 0 aliphatic carbocycles. The van der Waals surface area contributed by atoms with Crippen LogP contribution in [0.4, 0.5) is 0 Å². The van der Waals surface area contributed by atoms with E-state index in [1.165, 1.54) is 0 Å². The summed E-state index contributed by atoms with van der Waals surface area (Å²) in [4.78, 5) is 0. The van der Waals surface area contributed by atoms with Crippen molar-refractivity contribution in [1.82, 2.24) is 0 Å². The molecule has 0 radical (unpaired) electrons. The van der Waals surface area contributed by atoms with Gasteiger partial charge in [0, 0.05) is 6.61 Å². The molecule has 1 aliphatic heterocycles. The molecule has 1 rings (SSSR count). The summed E-state index contributed by atoms with van der Waals surface area (Å²) in [5.41, 5.74) is -0.213. The summed E-state index contributed by atoms with van der Waals surface area (Å²) in [6, 6.07) is 0. The van der Waals surface area contributed by atoms with E-state index in [2.05, 4.69) is 0 Å². The molecule has 10 heavy (non-hydrogen) atoms. The van der Waals surface area contributed by atoms with Crippen molar-refractivity contribution in [2.75, 3.05) is 19.8 Å². The molecule has 1 aliphatic rings. The van der Waals surface area contributed by atoms with E-state index in [1.54, 1.807) is 0 Å². The maximum atomic E-state index is 8.77. The molecular weight excluding hydrogens is 132 g/mol. The van der Waals surface area contributed by atoms with Crippen molar-refractivity contribution in [3.63, 3.8) is 0 Å². The monoisotopic (exact) mass is 146 g/mol. The van der Waals surface area contributed by atoms with Gasteiger partial charge in [-0.1, -0.05) is 0 Å². The predicted octanol–water partition coefficient (Wildman–Crippen LogP) is -0.0897. The standard InChI is InChI=1S/C7H14O3/c8-4-2-1-3-7(5-9)6-10-7/h8-9H,1-6H2/t7-/m1/s1. The van der Waals surface area contributed by atoms with Crippen LogP contribution in [0.15, 0.2) is 0 Å². The van der Waals surface area contributed by atoms with Gasteiger partial charge in [0.25, 0.3) is 0 Å². The summed E-state index contributed by atoms with van der Waals surface area (Å²) in [6.45, 7) is 1.05. The smallest absolute Gasteiger partial charge is 0.115 e. The van der Waals surface area contributed by atoms with Gasteiger partial charge in [-0.05, 0) is 19.3 Å². The van der Waals surface area contributed by atoms with Gasteiger partial charge in [0.2, 0.25) is 0 Å². The van der Waals surface area contributed by atoms with Gasteiger partial charge in [-0.25, -0.2) is 0 Å². The van der Waals surface area contributed by atoms with Crippen LogP contribution < -0.4 is 0 Å². The first kappa shape index (κ1) is 7.98. The van der Waals surface area contributed by atoms with Crippen LogP contribution in [0.25, 0.3) is 0 Å². The molecule has 3 heteroatoms. The van der Waals surface area contributed by atoms with Crippen molar-refractivity contribution in [3.8, 4) is 0 Å². The number of aliphatic hydroxyl groups excluding tert-OH is 2. The third-order valence-electron chi connectivity index (χ3n) is 1.88. The average Bonchev–Trinajstić information content (AvgIpc) is 2.70. The van der Waals surface area contributed by atoms with E-state index in [-0.39, 0.29) is 18.8 Å². The normalized spacial score (nSPS) is 30.6. The molecule has 3 nitrogen and oxygen atoms in total. The van der Waals surface area contributed by atoms with Crippen molar-refractivity contribution in [1.29, 1.82) is 0 Å². The summed E-state index contributed by atoms with van der Waals surface area (Å²) >= 11 is 0. The SMILES string of the molecule is OCCCC[C@@]1(CO)CO1. The highest BCUT2D eigenvalue weighted by Gasteiger charge is 2.43. The Kier molecular flexibility index (Phi) is 2.65. The van der Waals surface area contributed by atoms with Crippen LogP contribution >= 0.6 is 0 Å². The van der Waals surface area contributed by atoms with Gasteiger partial charge in [-0.15, -0.1) is 0 Å². The zero-order chi connectivity index (χ0) is 7.45. The summed E-state index contributed by atoms with van der Waals surface area (Å²) in [6.07, 6.45) is 2.63. The molecule has 1 fully saturated rings. The molecule has 0 bridgehead atoms. The topological polar surface area (TPSA) is 53.0 Å². The van der Waals surface area contributed by atoms with Crippen molar-refractivity contribution in [2.45, 2.75) is 24.9 Å². The molecule has 0 aromatic rings. The van der Waals surface area contributed by atoms with Crippen LogP contribution in [-0.2, 0) is 4.74 Å². The fraction of sp³-hybridized carbons (Fsp3) is 1.00. The quantitative estimate of drug-likeness (QED) is 0.421. The Bertz CT molecular complexity index is 99.0. The van der Waals surface area contributed by atoms with Gasteiger partial charge in [0.05, 0.1) is 13.2 Å². The third kappa shape index (κ3) is 1.94. The van der Waals surface area contributed by atoms with Crippen LogP contribution in [0.3, 0.4) is 0 Å². The fourth-order valence-corrected chi connectivity index (χ4v) is 0.976. The van der Waals surface area contributed by atoms with Crippen molar-refractivity contribution >= 4 is 0 Å². The first-order valence-electron chi connectivity index (χ1n) is 3.69. The molecule has 0 unspecified atom stereocenters. The first-order chi connectivity index (χ1) is 4.83. The molecule has 0 spiro atoms. The average molecular weight is 146 g/mol. The number of hydrogen-bond acceptors (Lipinski definition) is 3. The van der Waals surface area contributed by atoms with Gasteiger partial charge in [0.15, 0.2) is 0 Å². The van der Waals surface area contributed by atoms with E-state index >= 15 is 0 Å².